The summed E-state index contributed by atoms with van der Waals surface area (Å²) in [5.74, 6) is -1.05. The Morgan fingerprint density at radius 1 is 1.07 bits per heavy atom. The largest absolute Gasteiger partial charge is 0.481 e. The number of carbonyl (C=O) groups excluding carboxylic acids is 1. The van der Waals surface area contributed by atoms with E-state index >= 15 is 0 Å². The minimum atomic E-state index is -0.758. The molecule has 0 bridgehead atoms. The molecule has 0 aliphatic heterocycles. The Labute approximate surface area is 82.7 Å². The molecular weight excluding hydrogens is 182 g/mol. The number of amides is 1. The smallest absolute Gasteiger partial charge is 0.306 e. The molecule has 0 unspecified atom stereocenters. The van der Waals surface area contributed by atoms with Crippen LogP contribution in [0.25, 0.3) is 0 Å². The first kappa shape index (κ1) is 9.49. The third-order valence-electron chi connectivity index (χ3n) is 3.08. The highest BCUT2D eigenvalue weighted by atomic mass is 16.4. The summed E-state index contributed by atoms with van der Waals surface area (Å²) in [6.07, 6.45) is 4.07. The van der Waals surface area contributed by atoms with Crippen molar-refractivity contribution in [2.45, 2.75) is 38.1 Å². The molecular formula is C10H15NO3. The van der Waals surface area contributed by atoms with Gasteiger partial charge in [0.2, 0.25) is 5.91 Å². The number of nitrogens with one attached hydrogen (secondary N) is 1. The summed E-state index contributed by atoms with van der Waals surface area (Å²) < 4.78 is 0. The van der Waals surface area contributed by atoms with E-state index in [0.717, 1.165) is 19.3 Å². The Kier molecular flexibility index (Phi) is 2.44. The lowest BCUT2D eigenvalue weighted by Crippen LogP contribution is -2.31. The number of aliphatic carboxylic acids is 1. The summed E-state index contributed by atoms with van der Waals surface area (Å²) in [5.41, 5.74) is 0. The van der Waals surface area contributed by atoms with Crippen LogP contribution in [0.5, 0.6) is 0 Å². The number of rotatable bonds is 3. The van der Waals surface area contributed by atoms with E-state index < -0.39 is 5.97 Å². The standard InChI is InChI=1S/C10H15NO3/c12-9(11-8-3-4-8)6-1-2-7(5-6)10(13)14/h6-8H,1-5H2,(H,11,12)(H,13,14)/t6-,7+/m0/s1. The predicted octanol–water partition coefficient (Wildman–Crippen LogP) is 0.766. The van der Waals surface area contributed by atoms with Crippen LogP contribution in [-0.4, -0.2) is 23.0 Å². The van der Waals surface area contributed by atoms with Gasteiger partial charge in [0.15, 0.2) is 0 Å². The molecule has 4 nitrogen and oxygen atoms in total. The highest BCUT2D eigenvalue weighted by molar-refractivity contribution is 5.81. The van der Waals surface area contributed by atoms with Crippen molar-refractivity contribution in [2.24, 2.45) is 11.8 Å². The highest BCUT2D eigenvalue weighted by Crippen LogP contribution is 2.32. The van der Waals surface area contributed by atoms with Crippen LogP contribution in [0, 0.1) is 11.8 Å². The molecule has 14 heavy (non-hydrogen) atoms. The van der Waals surface area contributed by atoms with E-state index in [9.17, 15) is 9.59 Å². The average molecular weight is 197 g/mol. The third-order valence-corrected chi connectivity index (χ3v) is 3.08. The maximum atomic E-state index is 11.6. The Morgan fingerprint density at radius 2 is 1.71 bits per heavy atom. The molecule has 0 aromatic rings. The second kappa shape index (κ2) is 3.59. The van der Waals surface area contributed by atoms with E-state index in [1.807, 2.05) is 0 Å². The van der Waals surface area contributed by atoms with Crippen molar-refractivity contribution in [3.05, 3.63) is 0 Å². The van der Waals surface area contributed by atoms with Gasteiger partial charge in [-0.1, -0.05) is 0 Å². The quantitative estimate of drug-likeness (QED) is 0.702. The number of carbonyl (C=O) groups is 2. The molecule has 0 radical (unpaired) electrons. The Bertz CT molecular complexity index is 260. The van der Waals surface area contributed by atoms with Gasteiger partial charge in [-0.05, 0) is 32.1 Å². The monoisotopic (exact) mass is 197 g/mol. The zero-order valence-electron chi connectivity index (χ0n) is 8.03. The topological polar surface area (TPSA) is 66.4 Å². The van der Waals surface area contributed by atoms with Crippen molar-refractivity contribution < 1.29 is 14.7 Å². The van der Waals surface area contributed by atoms with E-state index in [-0.39, 0.29) is 17.7 Å². The molecule has 2 aliphatic carbocycles. The van der Waals surface area contributed by atoms with Gasteiger partial charge in [-0.2, -0.15) is 0 Å². The van der Waals surface area contributed by atoms with Crippen molar-refractivity contribution in [2.75, 3.05) is 0 Å². The fraction of sp³-hybridized carbons (Fsp3) is 0.800. The number of hydrogen-bond acceptors (Lipinski definition) is 2. The van der Waals surface area contributed by atoms with Crippen molar-refractivity contribution in [3.8, 4) is 0 Å². The molecule has 2 N–H and O–H groups in total. The average Bonchev–Trinajstić information content (AvgIpc) is 2.81. The molecule has 2 saturated carbocycles. The van der Waals surface area contributed by atoms with Crippen molar-refractivity contribution >= 4 is 11.9 Å². The third kappa shape index (κ3) is 2.05. The molecule has 78 valence electrons. The van der Waals surface area contributed by atoms with Gasteiger partial charge in [0.05, 0.1) is 5.92 Å². The van der Waals surface area contributed by atoms with Crippen molar-refractivity contribution in [1.82, 2.24) is 5.32 Å². The van der Waals surface area contributed by atoms with Crippen LogP contribution < -0.4 is 5.32 Å². The van der Waals surface area contributed by atoms with E-state index in [1.165, 1.54) is 0 Å². The van der Waals surface area contributed by atoms with Gasteiger partial charge < -0.3 is 10.4 Å². The van der Waals surface area contributed by atoms with Crippen LogP contribution in [0.15, 0.2) is 0 Å². The lowest BCUT2D eigenvalue weighted by molar-refractivity contribution is -0.141. The van der Waals surface area contributed by atoms with E-state index in [1.54, 1.807) is 0 Å². The van der Waals surface area contributed by atoms with E-state index in [4.69, 9.17) is 5.11 Å². The molecule has 0 heterocycles. The zero-order chi connectivity index (χ0) is 10.1. The first-order valence-corrected chi connectivity index (χ1v) is 5.20. The summed E-state index contributed by atoms with van der Waals surface area (Å²) in [5, 5.41) is 11.7. The first-order valence-electron chi connectivity index (χ1n) is 5.20. The van der Waals surface area contributed by atoms with Gasteiger partial charge in [-0.3, -0.25) is 9.59 Å². The summed E-state index contributed by atoms with van der Waals surface area (Å²) in [4.78, 5) is 22.2. The van der Waals surface area contributed by atoms with Crippen LogP contribution in [0.2, 0.25) is 0 Å². The summed E-state index contributed by atoms with van der Waals surface area (Å²) in [7, 11) is 0. The predicted molar refractivity (Wildman–Crippen MR) is 49.6 cm³/mol. The fourth-order valence-electron chi connectivity index (χ4n) is 1.99. The van der Waals surface area contributed by atoms with E-state index in [2.05, 4.69) is 5.32 Å². The van der Waals surface area contributed by atoms with Crippen LogP contribution in [0.4, 0.5) is 0 Å². The van der Waals surface area contributed by atoms with Gasteiger partial charge in [-0.25, -0.2) is 0 Å². The molecule has 0 saturated heterocycles. The van der Waals surface area contributed by atoms with Crippen molar-refractivity contribution in [3.63, 3.8) is 0 Å². The van der Waals surface area contributed by atoms with Gasteiger partial charge in [0, 0.05) is 12.0 Å². The molecule has 0 aromatic heterocycles. The van der Waals surface area contributed by atoms with Gasteiger partial charge >= 0.3 is 5.97 Å². The number of carboxylic acids is 1. The molecule has 4 heteroatoms. The lowest BCUT2D eigenvalue weighted by Gasteiger charge is -2.09. The van der Waals surface area contributed by atoms with Gasteiger partial charge in [-0.15, -0.1) is 0 Å². The molecule has 1 amide bonds. The van der Waals surface area contributed by atoms with Gasteiger partial charge in [0.25, 0.3) is 0 Å². The Hall–Kier alpha value is -1.06. The fourth-order valence-corrected chi connectivity index (χ4v) is 1.99. The van der Waals surface area contributed by atoms with Crippen LogP contribution >= 0.6 is 0 Å². The summed E-state index contributed by atoms with van der Waals surface area (Å²) in [6.45, 7) is 0. The maximum absolute atomic E-state index is 11.6. The second-order valence-electron chi connectivity index (χ2n) is 4.33. The van der Waals surface area contributed by atoms with E-state index in [0.29, 0.717) is 18.9 Å². The zero-order valence-corrected chi connectivity index (χ0v) is 8.03. The molecule has 2 atom stereocenters. The van der Waals surface area contributed by atoms with Gasteiger partial charge in [0.1, 0.15) is 0 Å². The Balaban J connectivity index is 1.81. The number of carboxylic acid groups (broad SMARTS) is 1. The van der Waals surface area contributed by atoms with Crippen LogP contribution in [0.1, 0.15) is 32.1 Å². The van der Waals surface area contributed by atoms with Crippen LogP contribution in [0.3, 0.4) is 0 Å². The minimum Gasteiger partial charge on any atom is -0.481 e. The molecule has 2 fully saturated rings. The minimum absolute atomic E-state index is 0.0586. The molecule has 0 aromatic carbocycles. The summed E-state index contributed by atoms with van der Waals surface area (Å²) >= 11 is 0. The molecule has 2 aliphatic rings. The number of hydrogen-bond donors (Lipinski definition) is 2. The Morgan fingerprint density at radius 3 is 2.21 bits per heavy atom. The second-order valence-corrected chi connectivity index (χ2v) is 4.33. The summed E-state index contributed by atoms with van der Waals surface area (Å²) in [6, 6.07) is 0.381. The highest BCUT2D eigenvalue weighted by Gasteiger charge is 2.35. The first-order chi connectivity index (χ1) is 6.66. The molecule has 0 spiro atoms. The normalized spacial score (nSPS) is 31.4. The SMILES string of the molecule is O=C(O)[C@@H]1CC[C@H](C(=O)NC2CC2)C1. The van der Waals surface area contributed by atoms with Crippen LogP contribution in [-0.2, 0) is 9.59 Å². The maximum Gasteiger partial charge on any atom is 0.306 e. The molecule has 2 rings (SSSR count). The van der Waals surface area contributed by atoms with Crippen molar-refractivity contribution in [1.29, 1.82) is 0 Å². The lowest BCUT2D eigenvalue weighted by atomic mass is 10.0.